The van der Waals surface area contributed by atoms with Crippen molar-refractivity contribution in [3.63, 3.8) is 0 Å². The molecule has 2 aromatic rings. The van der Waals surface area contributed by atoms with E-state index in [0.717, 1.165) is 29.7 Å². The first-order chi connectivity index (χ1) is 10.6. The van der Waals surface area contributed by atoms with Crippen LogP contribution in [0.4, 0.5) is 5.82 Å². The van der Waals surface area contributed by atoms with E-state index in [1.54, 1.807) is 27.5 Å². The fraction of sp³-hybridized carbons (Fsp3) is 0.438. The van der Waals surface area contributed by atoms with E-state index < -0.39 is 0 Å². The molecule has 0 atom stereocenters. The number of rotatable bonds is 7. The van der Waals surface area contributed by atoms with Crippen molar-refractivity contribution >= 4 is 16.6 Å². The van der Waals surface area contributed by atoms with Crippen LogP contribution in [0.5, 0.6) is 17.2 Å². The van der Waals surface area contributed by atoms with Gasteiger partial charge in [0.25, 0.3) is 0 Å². The molecule has 0 saturated carbocycles. The van der Waals surface area contributed by atoms with Gasteiger partial charge in [-0.25, -0.2) is 4.98 Å². The maximum absolute atomic E-state index is 5.52. The number of nitrogens with one attached hydrogen (secondary N) is 1. The second-order valence-corrected chi connectivity index (χ2v) is 5.13. The van der Waals surface area contributed by atoms with Gasteiger partial charge in [-0.1, -0.05) is 0 Å². The van der Waals surface area contributed by atoms with Crippen LogP contribution in [0, 0.1) is 0 Å². The third kappa shape index (κ3) is 3.17. The van der Waals surface area contributed by atoms with Crippen molar-refractivity contribution in [2.45, 2.75) is 0 Å². The van der Waals surface area contributed by atoms with Gasteiger partial charge < -0.3 is 24.4 Å². The molecule has 0 saturated heterocycles. The molecule has 0 unspecified atom stereocenters. The van der Waals surface area contributed by atoms with Crippen molar-refractivity contribution in [2.75, 3.05) is 53.8 Å². The highest BCUT2D eigenvalue weighted by atomic mass is 16.5. The van der Waals surface area contributed by atoms with Gasteiger partial charge in [0, 0.05) is 30.1 Å². The van der Waals surface area contributed by atoms with Crippen LogP contribution in [0.25, 0.3) is 10.8 Å². The average molecular weight is 305 g/mol. The van der Waals surface area contributed by atoms with Gasteiger partial charge in [-0.2, -0.15) is 0 Å². The summed E-state index contributed by atoms with van der Waals surface area (Å²) in [7, 11) is 8.91. The highest BCUT2D eigenvalue weighted by molar-refractivity contribution is 5.99. The number of pyridine rings is 1. The fourth-order valence-corrected chi connectivity index (χ4v) is 2.33. The van der Waals surface area contributed by atoms with Gasteiger partial charge in [-0.15, -0.1) is 0 Å². The zero-order chi connectivity index (χ0) is 16.1. The van der Waals surface area contributed by atoms with Crippen molar-refractivity contribution in [1.82, 2.24) is 9.88 Å². The van der Waals surface area contributed by atoms with Gasteiger partial charge >= 0.3 is 0 Å². The van der Waals surface area contributed by atoms with Crippen LogP contribution in [-0.4, -0.2) is 58.4 Å². The van der Waals surface area contributed by atoms with Gasteiger partial charge in [-0.3, -0.25) is 0 Å². The molecule has 0 aliphatic rings. The average Bonchev–Trinajstić information content (AvgIpc) is 2.52. The minimum absolute atomic E-state index is 0.586. The number of nitrogens with zero attached hydrogens (tertiary/aromatic N) is 2. The lowest BCUT2D eigenvalue weighted by Gasteiger charge is -2.17. The van der Waals surface area contributed by atoms with E-state index in [2.05, 4.69) is 15.2 Å². The first-order valence-corrected chi connectivity index (χ1v) is 7.08. The van der Waals surface area contributed by atoms with Crippen LogP contribution in [0.3, 0.4) is 0 Å². The predicted molar refractivity (Wildman–Crippen MR) is 88.4 cm³/mol. The Balaban J connectivity index is 2.51. The Hall–Kier alpha value is -2.21. The smallest absolute Gasteiger partial charge is 0.203 e. The number of aromatic nitrogens is 1. The minimum Gasteiger partial charge on any atom is -0.493 e. The molecule has 0 fully saturated rings. The summed E-state index contributed by atoms with van der Waals surface area (Å²) in [6.07, 6.45) is 1.76. The van der Waals surface area contributed by atoms with E-state index in [9.17, 15) is 0 Å². The largest absolute Gasteiger partial charge is 0.493 e. The van der Waals surface area contributed by atoms with Crippen molar-refractivity contribution in [2.24, 2.45) is 0 Å². The first kappa shape index (κ1) is 16.2. The second kappa shape index (κ2) is 7.17. The molecule has 1 heterocycles. The lowest BCUT2D eigenvalue weighted by molar-refractivity contribution is 0.327. The summed E-state index contributed by atoms with van der Waals surface area (Å²) < 4.78 is 16.4. The Labute approximate surface area is 131 Å². The van der Waals surface area contributed by atoms with Crippen LogP contribution >= 0.6 is 0 Å². The number of anilines is 1. The van der Waals surface area contributed by atoms with Crippen LogP contribution in [-0.2, 0) is 0 Å². The van der Waals surface area contributed by atoms with E-state index in [1.165, 1.54) is 0 Å². The molecule has 6 heteroatoms. The molecule has 2 rings (SSSR count). The summed E-state index contributed by atoms with van der Waals surface area (Å²) in [6.45, 7) is 1.72. The third-order valence-electron chi connectivity index (χ3n) is 3.42. The summed E-state index contributed by atoms with van der Waals surface area (Å²) >= 11 is 0. The third-order valence-corrected chi connectivity index (χ3v) is 3.42. The summed E-state index contributed by atoms with van der Waals surface area (Å²) in [4.78, 5) is 6.54. The standard InChI is InChI=1S/C16H23N3O3/c1-19(2)9-8-18-16-12-10-13(20-3)15(22-5)14(21-4)11(12)6-7-17-16/h6-7,10H,8-9H2,1-5H3,(H,17,18). The second-order valence-electron chi connectivity index (χ2n) is 5.13. The SMILES string of the molecule is COc1cc2c(NCCN(C)C)nccc2c(OC)c1OC. The number of methoxy groups -OCH3 is 3. The molecular weight excluding hydrogens is 282 g/mol. The number of benzene rings is 1. The molecule has 0 aliphatic carbocycles. The van der Waals surface area contributed by atoms with E-state index in [-0.39, 0.29) is 0 Å². The van der Waals surface area contributed by atoms with Gasteiger partial charge in [-0.05, 0) is 26.2 Å². The van der Waals surface area contributed by atoms with Gasteiger partial charge in [0.2, 0.25) is 5.75 Å². The molecule has 22 heavy (non-hydrogen) atoms. The highest BCUT2D eigenvalue weighted by Crippen LogP contribution is 2.44. The lowest BCUT2D eigenvalue weighted by atomic mass is 10.1. The first-order valence-electron chi connectivity index (χ1n) is 7.08. The number of likely N-dealkylation sites (N-methyl/N-ethyl adjacent to an activating group) is 1. The summed E-state index contributed by atoms with van der Waals surface area (Å²) in [6, 6.07) is 3.83. The monoisotopic (exact) mass is 305 g/mol. The van der Waals surface area contributed by atoms with E-state index >= 15 is 0 Å². The van der Waals surface area contributed by atoms with Crippen molar-refractivity contribution in [1.29, 1.82) is 0 Å². The minimum atomic E-state index is 0.586. The molecule has 1 aromatic carbocycles. The highest BCUT2D eigenvalue weighted by Gasteiger charge is 2.17. The summed E-state index contributed by atoms with van der Waals surface area (Å²) in [5, 5.41) is 5.23. The molecular formula is C16H23N3O3. The molecule has 6 nitrogen and oxygen atoms in total. The summed E-state index contributed by atoms with van der Waals surface area (Å²) in [5.41, 5.74) is 0. The number of fused-ring (bicyclic) bond motifs is 1. The Morgan fingerprint density at radius 1 is 1.05 bits per heavy atom. The Morgan fingerprint density at radius 2 is 1.77 bits per heavy atom. The zero-order valence-corrected chi connectivity index (χ0v) is 13.8. The van der Waals surface area contributed by atoms with Crippen LogP contribution in [0.15, 0.2) is 18.3 Å². The van der Waals surface area contributed by atoms with Gasteiger partial charge in [0.05, 0.1) is 21.3 Å². The molecule has 0 amide bonds. The zero-order valence-electron chi connectivity index (χ0n) is 13.8. The van der Waals surface area contributed by atoms with Gasteiger partial charge in [0.15, 0.2) is 11.5 Å². The fourth-order valence-electron chi connectivity index (χ4n) is 2.33. The number of hydrogen-bond acceptors (Lipinski definition) is 6. The molecule has 120 valence electrons. The Kier molecular flexibility index (Phi) is 5.27. The maximum atomic E-state index is 5.52. The van der Waals surface area contributed by atoms with Crippen molar-refractivity contribution < 1.29 is 14.2 Å². The van der Waals surface area contributed by atoms with E-state index in [0.29, 0.717) is 17.2 Å². The molecule has 0 bridgehead atoms. The normalized spacial score (nSPS) is 10.8. The van der Waals surface area contributed by atoms with Crippen molar-refractivity contribution in [3.05, 3.63) is 18.3 Å². The lowest BCUT2D eigenvalue weighted by Crippen LogP contribution is -2.21. The molecule has 1 aromatic heterocycles. The van der Waals surface area contributed by atoms with Gasteiger partial charge in [0.1, 0.15) is 5.82 Å². The van der Waals surface area contributed by atoms with Crippen LogP contribution < -0.4 is 19.5 Å². The molecule has 0 radical (unpaired) electrons. The molecule has 0 aliphatic heterocycles. The number of ether oxygens (including phenoxy) is 3. The Bertz CT molecular complexity index is 644. The topological polar surface area (TPSA) is 55.9 Å². The number of hydrogen-bond donors (Lipinski definition) is 1. The molecule has 0 spiro atoms. The maximum Gasteiger partial charge on any atom is 0.203 e. The molecule has 1 N–H and O–H groups in total. The predicted octanol–water partition coefficient (Wildman–Crippen LogP) is 2.23. The quantitative estimate of drug-likeness (QED) is 0.846. The Morgan fingerprint density at radius 3 is 2.36 bits per heavy atom. The van der Waals surface area contributed by atoms with E-state index in [1.807, 2.05) is 26.2 Å². The van der Waals surface area contributed by atoms with Crippen LogP contribution in [0.2, 0.25) is 0 Å². The summed E-state index contributed by atoms with van der Waals surface area (Å²) in [5.74, 6) is 2.66. The van der Waals surface area contributed by atoms with Crippen molar-refractivity contribution in [3.8, 4) is 17.2 Å². The van der Waals surface area contributed by atoms with Crippen LogP contribution in [0.1, 0.15) is 0 Å². The van der Waals surface area contributed by atoms with E-state index in [4.69, 9.17) is 14.2 Å².